The molecule has 0 radical (unpaired) electrons. The minimum Gasteiger partial charge on any atom is -0.380 e. The molecule has 8 heteroatoms. The van der Waals surface area contributed by atoms with Gasteiger partial charge in [-0.15, -0.1) is 0 Å². The van der Waals surface area contributed by atoms with Gasteiger partial charge in [-0.25, -0.2) is 17.5 Å². The van der Waals surface area contributed by atoms with Crippen molar-refractivity contribution in [1.82, 2.24) is 4.72 Å². The van der Waals surface area contributed by atoms with E-state index >= 15 is 0 Å². The molecule has 1 aromatic rings. The van der Waals surface area contributed by atoms with Gasteiger partial charge < -0.3 is 9.47 Å². The largest absolute Gasteiger partial charge is 0.380 e. The minimum atomic E-state index is -3.69. The van der Waals surface area contributed by atoms with Gasteiger partial charge in [0.25, 0.3) is 0 Å². The van der Waals surface area contributed by atoms with Gasteiger partial charge in [-0.3, -0.25) is 0 Å². The van der Waals surface area contributed by atoms with Gasteiger partial charge in [0.05, 0.1) is 24.5 Å². The Kier molecular flexibility index (Phi) is 5.77. The van der Waals surface area contributed by atoms with E-state index in [2.05, 4.69) is 4.72 Å². The molecule has 0 aromatic heterocycles. The normalized spacial score (nSPS) is 24.9. The van der Waals surface area contributed by atoms with E-state index in [1.165, 1.54) is 25.0 Å². The molecule has 2 fully saturated rings. The Morgan fingerprint density at radius 1 is 1.33 bits per heavy atom. The summed E-state index contributed by atoms with van der Waals surface area (Å²) >= 11 is 5.96. The first-order valence-corrected chi connectivity index (χ1v) is 10.1. The lowest BCUT2D eigenvalue weighted by atomic mass is 10.1. The molecular formula is C16H21ClFNO4S. The van der Waals surface area contributed by atoms with Crippen LogP contribution in [0.3, 0.4) is 0 Å². The van der Waals surface area contributed by atoms with Gasteiger partial charge in [0, 0.05) is 18.2 Å². The molecule has 0 unspecified atom stereocenters. The van der Waals surface area contributed by atoms with Crippen LogP contribution < -0.4 is 4.72 Å². The molecule has 2 atom stereocenters. The number of rotatable bonds is 7. The monoisotopic (exact) mass is 377 g/mol. The smallest absolute Gasteiger partial charge is 0.216 e. The van der Waals surface area contributed by atoms with E-state index in [-0.39, 0.29) is 29.0 Å². The van der Waals surface area contributed by atoms with Gasteiger partial charge in [0.1, 0.15) is 5.82 Å². The molecule has 2 aliphatic rings. The number of ether oxygens (including phenoxy) is 2. The van der Waals surface area contributed by atoms with Gasteiger partial charge in [0.15, 0.2) is 0 Å². The van der Waals surface area contributed by atoms with E-state index in [0.29, 0.717) is 25.6 Å². The molecule has 0 amide bonds. The zero-order valence-electron chi connectivity index (χ0n) is 13.2. The fraction of sp³-hybridized carbons (Fsp3) is 0.625. The molecule has 134 valence electrons. The van der Waals surface area contributed by atoms with E-state index in [1.54, 1.807) is 0 Å². The molecule has 0 bridgehead atoms. The summed E-state index contributed by atoms with van der Waals surface area (Å²) in [5.41, 5.74) is 0.233. The number of sulfonamides is 1. The van der Waals surface area contributed by atoms with Crippen molar-refractivity contribution in [3.63, 3.8) is 0 Å². The van der Waals surface area contributed by atoms with Gasteiger partial charge in [-0.05, 0) is 48.9 Å². The third kappa shape index (κ3) is 5.13. The topological polar surface area (TPSA) is 64.6 Å². The van der Waals surface area contributed by atoms with Crippen LogP contribution in [0.2, 0.25) is 5.02 Å². The van der Waals surface area contributed by atoms with Crippen LogP contribution in [0.1, 0.15) is 24.8 Å². The molecule has 1 saturated carbocycles. The highest BCUT2D eigenvalue weighted by molar-refractivity contribution is 7.88. The quantitative estimate of drug-likeness (QED) is 0.792. The van der Waals surface area contributed by atoms with Crippen molar-refractivity contribution in [3.8, 4) is 0 Å². The lowest BCUT2D eigenvalue weighted by Crippen LogP contribution is -2.50. The highest BCUT2D eigenvalue weighted by Gasteiger charge is 2.32. The standard InChI is InChI=1S/C16H21ClFNO4S/c17-14-4-3-13(18)7-12(14)10-24(20,21)19-15-9-22-6-5-16(15)23-8-11-1-2-11/h3-4,7,11,15-16,19H,1-2,5-6,8-10H2/t15-,16+/m1/s1. The van der Waals surface area contributed by atoms with Crippen molar-refractivity contribution >= 4 is 21.6 Å². The third-order valence-corrected chi connectivity index (χ3v) is 5.94. The first-order valence-electron chi connectivity index (χ1n) is 8.06. The Labute approximate surface area is 146 Å². The lowest BCUT2D eigenvalue weighted by molar-refractivity contribution is -0.0533. The van der Waals surface area contributed by atoms with Crippen LogP contribution in [0.4, 0.5) is 4.39 Å². The number of halogens is 2. The Morgan fingerprint density at radius 2 is 2.12 bits per heavy atom. The lowest BCUT2D eigenvalue weighted by Gasteiger charge is -2.32. The average molecular weight is 378 g/mol. The van der Waals surface area contributed by atoms with Crippen molar-refractivity contribution < 1.29 is 22.3 Å². The summed E-state index contributed by atoms with van der Waals surface area (Å²) in [6.45, 7) is 1.49. The SMILES string of the molecule is O=S(=O)(Cc1cc(F)ccc1Cl)N[C@@H]1COCC[C@@H]1OCC1CC1. The zero-order valence-corrected chi connectivity index (χ0v) is 14.8. The van der Waals surface area contributed by atoms with Crippen LogP contribution in [0.5, 0.6) is 0 Å². The first kappa shape index (κ1) is 18.1. The predicted octanol–water partition coefficient (Wildman–Crippen LogP) is 2.48. The van der Waals surface area contributed by atoms with Crippen LogP contribution in [-0.4, -0.2) is 40.4 Å². The maximum absolute atomic E-state index is 13.3. The summed E-state index contributed by atoms with van der Waals surface area (Å²) < 4.78 is 52.0. The average Bonchev–Trinajstić information content (AvgIpc) is 3.34. The van der Waals surface area contributed by atoms with Gasteiger partial charge in [-0.1, -0.05) is 11.6 Å². The van der Waals surface area contributed by atoms with Gasteiger partial charge in [0.2, 0.25) is 10.0 Å². The highest BCUT2D eigenvalue weighted by Crippen LogP contribution is 2.30. The summed E-state index contributed by atoms with van der Waals surface area (Å²) in [6.07, 6.45) is 2.81. The summed E-state index contributed by atoms with van der Waals surface area (Å²) in [6, 6.07) is 3.25. The summed E-state index contributed by atoms with van der Waals surface area (Å²) in [7, 11) is -3.69. The molecule has 1 aliphatic carbocycles. The third-order valence-electron chi connectivity index (χ3n) is 4.22. The summed E-state index contributed by atoms with van der Waals surface area (Å²) in [5.74, 6) is -0.289. The van der Waals surface area contributed by atoms with Crippen molar-refractivity contribution in [2.45, 2.75) is 37.2 Å². The Hall–Kier alpha value is -0.730. The predicted molar refractivity (Wildman–Crippen MR) is 88.9 cm³/mol. The van der Waals surface area contributed by atoms with Crippen LogP contribution in [0.15, 0.2) is 18.2 Å². The number of hydrogen-bond donors (Lipinski definition) is 1. The Balaban J connectivity index is 1.63. The number of benzene rings is 1. The van der Waals surface area contributed by atoms with Gasteiger partial charge in [-0.2, -0.15) is 0 Å². The second-order valence-electron chi connectivity index (χ2n) is 6.40. The van der Waals surface area contributed by atoms with Crippen molar-refractivity contribution in [1.29, 1.82) is 0 Å². The second-order valence-corrected chi connectivity index (χ2v) is 8.56. The molecule has 24 heavy (non-hydrogen) atoms. The number of nitrogens with one attached hydrogen (secondary N) is 1. The maximum atomic E-state index is 13.3. The highest BCUT2D eigenvalue weighted by atomic mass is 35.5. The molecule has 5 nitrogen and oxygen atoms in total. The van der Waals surface area contributed by atoms with Crippen molar-refractivity contribution in [2.24, 2.45) is 5.92 Å². The summed E-state index contributed by atoms with van der Waals surface area (Å²) in [4.78, 5) is 0. The van der Waals surface area contributed by atoms with E-state index in [1.807, 2.05) is 0 Å². The molecular weight excluding hydrogens is 357 g/mol. The molecule has 1 heterocycles. The van der Waals surface area contributed by atoms with Gasteiger partial charge >= 0.3 is 0 Å². The summed E-state index contributed by atoms with van der Waals surface area (Å²) in [5, 5.41) is 0.225. The van der Waals surface area contributed by atoms with Crippen LogP contribution >= 0.6 is 11.6 Å². The van der Waals surface area contributed by atoms with Crippen molar-refractivity contribution in [2.75, 3.05) is 19.8 Å². The zero-order chi connectivity index (χ0) is 17.2. The minimum absolute atomic E-state index is 0.197. The molecule has 1 saturated heterocycles. The first-order chi connectivity index (χ1) is 11.4. The second kappa shape index (κ2) is 7.66. The van der Waals surface area contributed by atoms with E-state index in [0.717, 1.165) is 6.07 Å². The van der Waals surface area contributed by atoms with Crippen LogP contribution in [0.25, 0.3) is 0 Å². The van der Waals surface area contributed by atoms with E-state index < -0.39 is 21.9 Å². The van der Waals surface area contributed by atoms with Crippen molar-refractivity contribution in [3.05, 3.63) is 34.6 Å². The number of hydrogen-bond acceptors (Lipinski definition) is 4. The van der Waals surface area contributed by atoms with Crippen LogP contribution in [-0.2, 0) is 25.2 Å². The Bertz CT molecular complexity index is 681. The molecule has 1 aromatic carbocycles. The fourth-order valence-electron chi connectivity index (χ4n) is 2.70. The fourth-order valence-corrected chi connectivity index (χ4v) is 4.38. The molecule has 1 aliphatic heterocycles. The molecule has 0 spiro atoms. The van der Waals surface area contributed by atoms with E-state index in [9.17, 15) is 12.8 Å². The van der Waals surface area contributed by atoms with Crippen LogP contribution in [0, 0.1) is 11.7 Å². The maximum Gasteiger partial charge on any atom is 0.216 e. The molecule has 1 N–H and O–H groups in total. The molecule has 3 rings (SSSR count). The van der Waals surface area contributed by atoms with E-state index in [4.69, 9.17) is 21.1 Å². The Morgan fingerprint density at radius 3 is 2.88 bits per heavy atom.